The van der Waals surface area contributed by atoms with E-state index in [1.807, 2.05) is 12.1 Å². The molecule has 0 aliphatic carbocycles. The van der Waals surface area contributed by atoms with Gasteiger partial charge >= 0.3 is 5.97 Å². The summed E-state index contributed by atoms with van der Waals surface area (Å²) in [7, 11) is 3.47. The number of hydrogen-bond acceptors (Lipinski definition) is 7. The van der Waals surface area contributed by atoms with Crippen LogP contribution in [0.2, 0.25) is 5.02 Å². The maximum atomic E-state index is 11.6. The standard InChI is InChI=1S/C19H21ClN6O2/c1-25-8-7-15(17(25)12-3-5-13(20)6-4-12)24-18-14-9-23-26(10-16(27)28-2)19(14)22-11-21-18/h3-6,9,11,15,17H,7-8,10H2,1-2H3,(H,21,22,24). The number of esters is 1. The van der Waals surface area contributed by atoms with Crippen LogP contribution in [0.4, 0.5) is 5.82 Å². The zero-order chi connectivity index (χ0) is 19.7. The summed E-state index contributed by atoms with van der Waals surface area (Å²) in [6.45, 7) is 0.983. The number of carbonyl (C=O) groups is 1. The Morgan fingerprint density at radius 3 is 2.86 bits per heavy atom. The Labute approximate surface area is 167 Å². The fourth-order valence-electron chi connectivity index (χ4n) is 3.73. The van der Waals surface area contributed by atoms with Crippen LogP contribution in [0, 0.1) is 0 Å². The van der Waals surface area contributed by atoms with Crippen molar-refractivity contribution in [3.05, 3.63) is 47.4 Å². The molecule has 1 N–H and O–H groups in total. The van der Waals surface area contributed by atoms with E-state index in [9.17, 15) is 4.79 Å². The molecule has 0 spiro atoms. The molecule has 2 aromatic heterocycles. The molecule has 1 fully saturated rings. The average Bonchev–Trinajstić information content (AvgIpc) is 3.27. The number of likely N-dealkylation sites (N-methyl/N-ethyl adjacent to an activating group) is 1. The summed E-state index contributed by atoms with van der Waals surface area (Å²) in [6.07, 6.45) is 4.14. The number of anilines is 1. The fourth-order valence-corrected chi connectivity index (χ4v) is 3.86. The number of benzene rings is 1. The van der Waals surface area contributed by atoms with Crippen molar-refractivity contribution in [3.8, 4) is 0 Å². The lowest BCUT2D eigenvalue weighted by Gasteiger charge is -2.26. The van der Waals surface area contributed by atoms with Gasteiger partial charge in [0.1, 0.15) is 18.7 Å². The fraction of sp³-hybridized carbons (Fsp3) is 0.368. The lowest BCUT2D eigenvalue weighted by molar-refractivity contribution is -0.141. The van der Waals surface area contributed by atoms with E-state index in [1.165, 1.54) is 23.7 Å². The van der Waals surface area contributed by atoms with Gasteiger partial charge in [-0.1, -0.05) is 23.7 Å². The number of aromatic nitrogens is 4. The maximum Gasteiger partial charge on any atom is 0.327 e. The van der Waals surface area contributed by atoms with Crippen LogP contribution in [-0.4, -0.2) is 57.4 Å². The molecule has 0 amide bonds. The van der Waals surface area contributed by atoms with Crippen LogP contribution in [0.3, 0.4) is 0 Å². The van der Waals surface area contributed by atoms with Gasteiger partial charge in [-0.3, -0.25) is 9.69 Å². The van der Waals surface area contributed by atoms with Crippen LogP contribution in [0.25, 0.3) is 11.0 Å². The number of rotatable bonds is 5. The third-order valence-corrected chi connectivity index (χ3v) is 5.37. The quantitative estimate of drug-likeness (QED) is 0.658. The van der Waals surface area contributed by atoms with Gasteiger partial charge in [0, 0.05) is 17.6 Å². The number of fused-ring (bicyclic) bond motifs is 1. The first-order valence-corrected chi connectivity index (χ1v) is 9.40. The number of methoxy groups -OCH3 is 1. The molecule has 1 aromatic carbocycles. The van der Waals surface area contributed by atoms with Gasteiger partial charge in [0.05, 0.1) is 24.7 Å². The molecule has 1 saturated heterocycles. The Hall–Kier alpha value is -2.71. The van der Waals surface area contributed by atoms with Gasteiger partial charge in [0.25, 0.3) is 0 Å². The molecule has 0 saturated carbocycles. The molecular weight excluding hydrogens is 380 g/mol. The number of halogens is 1. The molecule has 4 rings (SSSR count). The van der Waals surface area contributed by atoms with E-state index in [0.717, 1.165) is 23.4 Å². The molecule has 2 atom stereocenters. The summed E-state index contributed by atoms with van der Waals surface area (Å²) in [5, 5.41) is 9.33. The molecule has 0 bridgehead atoms. The van der Waals surface area contributed by atoms with Crippen molar-refractivity contribution in [1.82, 2.24) is 24.6 Å². The first kappa shape index (κ1) is 18.6. The van der Waals surface area contributed by atoms with Gasteiger partial charge in [-0.2, -0.15) is 5.10 Å². The van der Waals surface area contributed by atoms with E-state index in [0.29, 0.717) is 11.5 Å². The average molecular weight is 401 g/mol. The SMILES string of the molecule is COC(=O)Cn1ncc2c(NC3CCN(C)C3c3ccc(Cl)cc3)ncnc21. The summed E-state index contributed by atoms with van der Waals surface area (Å²) >= 11 is 6.05. The highest BCUT2D eigenvalue weighted by atomic mass is 35.5. The van der Waals surface area contributed by atoms with Crippen LogP contribution in [0.15, 0.2) is 36.8 Å². The topological polar surface area (TPSA) is 85.2 Å². The first-order valence-electron chi connectivity index (χ1n) is 9.02. The Morgan fingerprint density at radius 2 is 2.11 bits per heavy atom. The number of hydrogen-bond donors (Lipinski definition) is 1. The molecule has 8 nitrogen and oxygen atoms in total. The minimum Gasteiger partial charge on any atom is -0.468 e. The van der Waals surface area contributed by atoms with Gasteiger partial charge in [0.2, 0.25) is 0 Å². The van der Waals surface area contributed by atoms with Crippen LogP contribution < -0.4 is 5.32 Å². The third-order valence-electron chi connectivity index (χ3n) is 5.12. The molecule has 1 aliphatic heterocycles. The van der Waals surface area contributed by atoms with E-state index in [-0.39, 0.29) is 24.6 Å². The van der Waals surface area contributed by atoms with Crippen molar-refractivity contribution < 1.29 is 9.53 Å². The number of carbonyl (C=O) groups excluding carboxylic acids is 1. The molecule has 1 aliphatic rings. The lowest BCUT2D eigenvalue weighted by Crippen LogP contribution is -2.29. The summed E-state index contributed by atoms with van der Waals surface area (Å²) < 4.78 is 6.24. The van der Waals surface area contributed by atoms with E-state index in [1.54, 1.807) is 6.20 Å². The molecule has 3 heterocycles. The van der Waals surface area contributed by atoms with Gasteiger partial charge in [0.15, 0.2) is 5.65 Å². The van der Waals surface area contributed by atoms with Crippen molar-refractivity contribution in [1.29, 1.82) is 0 Å². The van der Waals surface area contributed by atoms with Crippen molar-refractivity contribution in [2.24, 2.45) is 0 Å². The lowest BCUT2D eigenvalue weighted by atomic mass is 10.00. The van der Waals surface area contributed by atoms with Crippen molar-refractivity contribution in [2.45, 2.75) is 25.0 Å². The molecule has 0 radical (unpaired) electrons. The zero-order valence-electron chi connectivity index (χ0n) is 15.7. The van der Waals surface area contributed by atoms with Crippen LogP contribution in [0.1, 0.15) is 18.0 Å². The molecule has 28 heavy (non-hydrogen) atoms. The van der Waals surface area contributed by atoms with E-state index in [4.69, 9.17) is 16.3 Å². The highest BCUT2D eigenvalue weighted by molar-refractivity contribution is 6.30. The minimum atomic E-state index is -0.377. The summed E-state index contributed by atoms with van der Waals surface area (Å²) in [5.41, 5.74) is 1.80. The highest BCUT2D eigenvalue weighted by Gasteiger charge is 2.33. The second kappa shape index (κ2) is 7.73. The molecule has 9 heteroatoms. The van der Waals surface area contributed by atoms with Gasteiger partial charge < -0.3 is 10.1 Å². The van der Waals surface area contributed by atoms with Gasteiger partial charge in [-0.05, 0) is 31.2 Å². The smallest absolute Gasteiger partial charge is 0.327 e. The van der Waals surface area contributed by atoms with Crippen LogP contribution >= 0.6 is 11.6 Å². The van der Waals surface area contributed by atoms with Crippen molar-refractivity contribution in [3.63, 3.8) is 0 Å². The minimum absolute atomic E-state index is 0.00994. The predicted octanol–water partition coefficient (Wildman–Crippen LogP) is 2.51. The molecule has 2 unspecified atom stereocenters. The van der Waals surface area contributed by atoms with Crippen molar-refractivity contribution in [2.75, 3.05) is 26.0 Å². The Kier molecular flexibility index (Phi) is 5.15. The number of nitrogens with one attached hydrogen (secondary N) is 1. The Morgan fingerprint density at radius 1 is 1.32 bits per heavy atom. The molecule has 146 valence electrons. The second-order valence-corrected chi connectivity index (χ2v) is 7.29. The van der Waals surface area contributed by atoms with Crippen LogP contribution in [-0.2, 0) is 16.1 Å². The monoisotopic (exact) mass is 400 g/mol. The van der Waals surface area contributed by atoms with Crippen molar-refractivity contribution >= 4 is 34.4 Å². The van der Waals surface area contributed by atoms with Crippen LogP contribution in [0.5, 0.6) is 0 Å². The van der Waals surface area contributed by atoms with Gasteiger partial charge in [-0.15, -0.1) is 0 Å². The van der Waals surface area contributed by atoms with E-state index in [2.05, 4.69) is 44.5 Å². The zero-order valence-corrected chi connectivity index (χ0v) is 16.4. The normalized spacial score (nSPS) is 19.8. The Bertz CT molecular complexity index is 990. The number of likely N-dealkylation sites (tertiary alicyclic amines) is 1. The summed E-state index contributed by atoms with van der Waals surface area (Å²) in [5.74, 6) is 0.332. The first-order chi connectivity index (χ1) is 13.6. The molecule has 3 aromatic rings. The number of nitrogens with zero attached hydrogens (tertiary/aromatic N) is 5. The highest BCUT2D eigenvalue weighted by Crippen LogP contribution is 2.34. The largest absolute Gasteiger partial charge is 0.468 e. The second-order valence-electron chi connectivity index (χ2n) is 6.85. The van der Waals surface area contributed by atoms with E-state index >= 15 is 0 Å². The predicted molar refractivity (Wildman–Crippen MR) is 106 cm³/mol. The maximum absolute atomic E-state index is 11.6. The summed E-state index contributed by atoms with van der Waals surface area (Å²) in [4.78, 5) is 22.6. The van der Waals surface area contributed by atoms with E-state index < -0.39 is 0 Å². The number of ether oxygens (including phenoxy) is 1. The summed E-state index contributed by atoms with van der Waals surface area (Å²) in [6, 6.07) is 8.33. The Balaban J connectivity index is 1.62. The third kappa shape index (κ3) is 3.53. The molecular formula is C19H21ClN6O2. The van der Waals surface area contributed by atoms with Gasteiger partial charge in [-0.25, -0.2) is 14.6 Å².